The maximum Gasteiger partial charge on any atom is 0.225 e. The number of ether oxygens (including phenoxy) is 1. The first-order valence-electron chi connectivity index (χ1n) is 8.09. The predicted molar refractivity (Wildman–Crippen MR) is 99.8 cm³/mol. The van der Waals surface area contributed by atoms with Crippen LogP contribution in [0.1, 0.15) is 25.6 Å². The van der Waals surface area contributed by atoms with Crippen LogP contribution in [0, 0.1) is 5.41 Å². The Morgan fingerprint density at radius 2 is 2.08 bits per heavy atom. The van der Waals surface area contributed by atoms with Crippen molar-refractivity contribution < 1.29 is 9.53 Å². The predicted octanol–water partition coefficient (Wildman–Crippen LogP) is 3.37. The first-order chi connectivity index (χ1) is 11.4. The summed E-state index contributed by atoms with van der Waals surface area (Å²) in [6, 6.07) is 4.15. The van der Waals surface area contributed by atoms with Crippen molar-refractivity contribution in [3.05, 3.63) is 22.4 Å². The molecule has 1 aliphatic rings. The molecule has 1 N–H and O–H groups in total. The van der Waals surface area contributed by atoms with Crippen LogP contribution in [-0.2, 0) is 16.1 Å². The summed E-state index contributed by atoms with van der Waals surface area (Å²) < 4.78 is 5.39. The van der Waals surface area contributed by atoms with Crippen molar-refractivity contribution >= 4 is 33.7 Å². The first-order valence-corrected chi connectivity index (χ1v) is 9.79. The standard InChI is InChI=1S/C17H23N3O2S2/c1-17(2,3)15(21)18-10-12-4-5-14(24-12)13-11-23-16(19-13)20-6-8-22-9-7-20/h4-5,11H,6-10H2,1-3H3,(H,18,21). The highest BCUT2D eigenvalue weighted by Crippen LogP contribution is 2.32. The lowest BCUT2D eigenvalue weighted by Crippen LogP contribution is -2.36. The molecule has 2 aromatic heterocycles. The lowest BCUT2D eigenvalue weighted by atomic mass is 9.96. The Kier molecular flexibility index (Phi) is 5.22. The highest BCUT2D eigenvalue weighted by atomic mass is 32.1. The van der Waals surface area contributed by atoms with Gasteiger partial charge >= 0.3 is 0 Å². The average molecular weight is 366 g/mol. The van der Waals surface area contributed by atoms with E-state index in [9.17, 15) is 4.79 Å². The number of anilines is 1. The molecule has 0 aromatic carbocycles. The Balaban J connectivity index is 1.63. The number of amides is 1. The maximum absolute atomic E-state index is 12.0. The average Bonchev–Trinajstić information content (AvgIpc) is 3.21. The molecule has 0 radical (unpaired) electrons. The van der Waals surface area contributed by atoms with E-state index < -0.39 is 0 Å². The fourth-order valence-corrected chi connectivity index (χ4v) is 4.18. The van der Waals surface area contributed by atoms with Gasteiger partial charge in [-0.1, -0.05) is 20.8 Å². The Hall–Kier alpha value is -1.44. The topological polar surface area (TPSA) is 54.5 Å². The van der Waals surface area contributed by atoms with Crippen LogP contribution in [0.4, 0.5) is 5.13 Å². The largest absolute Gasteiger partial charge is 0.378 e. The van der Waals surface area contributed by atoms with Crippen LogP contribution in [0.15, 0.2) is 17.5 Å². The minimum absolute atomic E-state index is 0.0701. The molecule has 0 bridgehead atoms. The van der Waals surface area contributed by atoms with E-state index in [1.165, 1.54) is 0 Å². The molecule has 5 nitrogen and oxygen atoms in total. The molecule has 0 spiro atoms. The van der Waals surface area contributed by atoms with Crippen LogP contribution in [-0.4, -0.2) is 37.2 Å². The third-order valence-electron chi connectivity index (χ3n) is 3.79. The number of nitrogens with one attached hydrogen (secondary N) is 1. The lowest BCUT2D eigenvalue weighted by Gasteiger charge is -2.25. The molecule has 3 heterocycles. The quantitative estimate of drug-likeness (QED) is 0.903. The fourth-order valence-electron chi connectivity index (χ4n) is 2.32. The van der Waals surface area contributed by atoms with E-state index in [0.29, 0.717) is 6.54 Å². The van der Waals surface area contributed by atoms with Crippen LogP contribution in [0.25, 0.3) is 10.6 Å². The van der Waals surface area contributed by atoms with Gasteiger partial charge in [-0.25, -0.2) is 4.98 Å². The van der Waals surface area contributed by atoms with Gasteiger partial charge in [0.05, 0.1) is 30.3 Å². The second-order valence-electron chi connectivity index (χ2n) is 6.81. The molecule has 1 aliphatic heterocycles. The third kappa shape index (κ3) is 4.15. The molecular weight excluding hydrogens is 342 g/mol. The molecule has 130 valence electrons. The van der Waals surface area contributed by atoms with Crippen LogP contribution < -0.4 is 10.2 Å². The smallest absolute Gasteiger partial charge is 0.225 e. The zero-order chi connectivity index (χ0) is 17.2. The number of morpholine rings is 1. The van der Waals surface area contributed by atoms with E-state index in [1.54, 1.807) is 22.7 Å². The normalized spacial score (nSPS) is 15.5. The molecule has 7 heteroatoms. The number of carbonyl (C=O) groups excluding carboxylic acids is 1. The van der Waals surface area contributed by atoms with Gasteiger partial charge in [-0.3, -0.25) is 4.79 Å². The number of hydrogen-bond donors (Lipinski definition) is 1. The summed E-state index contributed by atoms with van der Waals surface area (Å²) in [6.45, 7) is 9.68. The van der Waals surface area contributed by atoms with Gasteiger partial charge in [0.1, 0.15) is 0 Å². The van der Waals surface area contributed by atoms with E-state index >= 15 is 0 Å². The van der Waals surface area contributed by atoms with Crippen LogP contribution >= 0.6 is 22.7 Å². The lowest BCUT2D eigenvalue weighted by molar-refractivity contribution is -0.128. The van der Waals surface area contributed by atoms with Crippen LogP contribution in [0.3, 0.4) is 0 Å². The Morgan fingerprint density at radius 1 is 1.33 bits per heavy atom. The maximum atomic E-state index is 12.0. The van der Waals surface area contributed by atoms with Crippen molar-refractivity contribution in [3.63, 3.8) is 0 Å². The van der Waals surface area contributed by atoms with Crippen molar-refractivity contribution in [2.45, 2.75) is 27.3 Å². The van der Waals surface area contributed by atoms with Crippen LogP contribution in [0.5, 0.6) is 0 Å². The Labute approximate surface area is 150 Å². The van der Waals surface area contributed by atoms with Crippen molar-refractivity contribution in [2.24, 2.45) is 5.41 Å². The van der Waals surface area contributed by atoms with Gasteiger partial charge in [0.25, 0.3) is 0 Å². The summed E-state index contributed by atoms with van der Waals surface area (Å²) in [7, 11) is 0. The van der Waals surface area contributed by atoms with Crippen molar-refractivity contribution in [3.8, 4) is 10.6 Å². The number of aromatic nitrogens is 1. The van der Waals surface area contributed by atoms with Gasteiger partial charge in [0, 0.05) is 28.8 Å². The van der Waals surface area contributed by atoms with Crippen molar-refractivity contribution in [1.29, 1.82) is 0 Å². The zero-order valence-corrected chi connectivity index (χ0v) is 15.9. The Morgan fingerprint density at radius 3 is 2.79 bits per heavy atom. The van der Waals surface area contributed by atoms with E-state index in [1.807, 2.05) is 20.8 Å². The molecule has 1 amide bonds. The molecule has 1 saturated heterocycles. The number of thiophene rings is 1. The second kappa shape index (κ2) is 7.21. The summed E-state index contributed by atoms with van der Waals surface area (Å²) >= 11 is 3.36. The summed E-state index contributed by atoms with van der Waals surface area (Å²) in [5.74, 6) is 0.0701. The van der Waals surface area contributed by atoms with Gasteiger partial charge in [-0.2, -0.15) is 0 Å². The van der Waals surface area contributed by atoms with Crippen molar-refractivity contribution in [2.75, 3.05) is 31.2 Å². The van der Waals surface area contributed by atoms with E-state index in [-0.39, 0.29) is 11.3 Å². The zero-order valence-electron chi connectivity index (χ0n) is 14.3. The SMILES string of the molecule is CC(C)(C)C(=O)NCc1ccc(-c2csc(N3CCOCC3)n2)s1. The number of carbonyl (C=O) groups is 1. The first kappa shape index (κ1) is 17.4. The van der Waals surface area contributed by atoms with Gasteiger partial charge in [0.15, 0.2) is 5.13 Å². The summed E-state index contributed by atoms with van der Waals surface area (Å²) in [6.07, 6.45) is 0. The number of hydrogen-bond acceptors (Lipinski definition) is 6. The third-order valence-corrected chi connectivity index (χ3v) is 5.80. The molecule has 0 saturated carbocycles. The second-order valence-corrected chi connectivity index (χ2v) is 8.82. The molecule has 1 fully saturated rings. The Bertz CT molecular complexity index is 697. The summed E-state index contributed by atoms with van der Waals surface area (Å²) in [5.41, 5.74) is 0.655. The number of rotatable bonds is 4. The molecule has 0 atom stereocenters. The minimum Gasteiger partial charge on any atom is -0.378 e. The van der Waals surface area contributed by atoms with Gasteiger partial charge in [-0.05, 0) is 12.1 Å². The molecular formula is C17H23N3O2S2. The number of thiazole rings is 1. The van der Waals surface area contributed by atoms with E-state index in [0.717, 1.165) is 46.9 Å². The van der Waals surface area contributed by atoms with Crippen LogP contribution in [0.2, 0.25) is 0 Å². The minimum atomic E-state index is -0.359. The highest BCUT2D eigenvalue weighted by Gasteiger charge is 2.21. The van der Waals surface area contributed by atoms with Gasteiger partial charge < -0.3 is 15.0 Å². The van der Waals surface area contributed by atoms with E-state index in [2.05, 4.69) is 27.7 Å². The van der Waals surface area contributed by atoms with Gasteiger partial charge in [0.2, 0.25) is 5.91 Å². The molecule has 3 rings (SSSR count). The highest BCUT2D eigenvalue weighted by molar-refractivity contribution is 7.17. The summed E-state index contributed by atoms with van der Waals surface area (Å²) in [5, 5.41) is 6.16. The molecule has 2 aromatic rings. The summed E-state index contributed by atoms with van der Waals surface area (Å²) in [4.78, 5) is 21.3. The fraction of sp³-hybridized carbons (Fsp3) is 0.529. The number of nitrogens with zero attached hydrogens (tertiary/aromatic N) is 2. The molecule has 0 aliphatic carbocycles. The monoisotopic (exact) mass is 365 g/mol. The molecule has 0 unspecified atom stereocenters. The van der Waals surface area contributed by atoms with E-state index in [4.69, 9.17) is 9.72 Å². The molecule has 24 heavy (non-hydrogen) atoms. The van der Waals surface area contributed by atoms with Crippen molar-refractivity contribution in [1.82, 2.24) is 10.3 Å². The van der Waals surface area contributed by atoms with Gasteiger partial charge in [-0.15, -0.1) is 22.7 Å².